The van der Waals surface area contributed by atoms with Crippen LogP contribution in [0.4, 0.5) is 5.69 Å². The summed E-state index contributed by atoms with van der Waals surface area (Å²) in [7, 11) is 0. The van der Waals surface area contributed by atoms with Gasteiger partial charge in [-0.3, -0.25) is 14.9 Å². The molecule has 0 spiro atoms. The fourth-order valence-corrected chi connectivity index (χ4v) is 3.84. The molecule has 21 heavy (non-hydrogen) atoms. The van der Waals surface area contributed by atoms with Crippen molar-refractivity contribution in [3.63, 3.8) is 0 Å². The maximum absolute atomic E-state index is 12.3. The molecule has 2 atom stereocenters. The number of amides is 1. The molecular weight excluding hydrogens is 312 g/mol. The second-order valence-electron chi connectivity index (χ2n) is 5.03. The van der Waals surface area contributed by atoms with Gasteiger partial charge in [-0.2, -0.15) is 11.8 Å². The molecule has 0 aliphatic heterocycles. The molecular formula is C14H17ClN2O3S. The van der Waals surface area contributed by atoms with Gasteiger partial charge in [0.25, 0.3) is 11.6 Å². The first kappa shape index (κ1) is 16.1. The molecule has 5 nitrogen and oxygen atoms in total. The molecule has 1 N–H and O–H groups in total. The number of nitro groups is 1. The molecule has 2 unspecified atom stereocenters. The predicted octanol–water partition coefficient (Wildman–Crippen LogP) is 3.65. The molecule has 0 aromatic heterocycles. The van der Waals surface area contributed by atoms with Crippen molar-refractivity contribution in [3.8, 4) is 0 Å². The van der Waals surface area contributed by atoms with Crippen LogP contribution < -0.4 is 5.32 Å². The number of benzene rings is 1. The number of nitro benzene ring substituents is 1. The van der Waals surface area contributed by atoms with Crippen molar-refractivity contribution < 1.29 is 9.72 Å². The average molecular weight is 329 g/mol. The highest BCUT2D eigenvalue weighted by Gasteiger charge is 2.27. The molecule has 1 saturated carbocycles. The highest BCUT2D eigenvalue weighted by molar-refractivity contribution is 7.99. The van der Waals surface area contributed by atoms with E-state index in [0.29, 0.717) is 5.25 Å². The Kier molecular flexibility index (Phi) is 5.47. The van der Waals surface area contributed by atoms with Gasteiger partial charge in [0, 0.05) is 17.4 Å². The minimum atomic E-state index is -0.579. The number of hydrogen-bond donors (Lipinski definition) is 1. The quantitative estimate of drug-likeness (QED) is 0.676. The van der Waals surface area contributed by atoms with E-state index in [9.17, 15) is 14.9 Å². The lowest BCUT2D eigenvalue weighted by Crippen LogP contribution is -2.43. The number of rotatable bonds is 4. The maximum Gasteiger partial charge on any atom is 0.288 e. The van der Waals surface area contributed by atoms with Gasteiger partial charge in [-0.25, -0.2) is 0 Å². The van der Waals surface area contributed by atoms with Crippen molar-refractivity contribution in [2.45, 2.75) is 37.0 Å². The van der Waals surface area contributed by atoms with Gasteiger partial charge in [0.15, 0.2) is 0 Å². The summed E-state index contributed by atoms with van der Waals surface area (Å²) in [5.41, 5.74) is -0.0781. The Bertz CT molecular complexity index is 553. The number of nitrogens with zero attached hydrogens (tertiary/aromatic N) is 1. The summed E-state index contributed by atoms with van der Waals surface area (Å²) in [5, 5.41) is 14.1. The van der Waals surface area contributed by atoms with Crippen LogP contribution in [0.3, 0.4) is 0 Å². The van der Waals surface area contributed by atoms with Gasteiger partial charge >= 0.3 is 0 Å². The van der Waals surface area contributed by atoms with E-state index in [1.807, 2.05) is 6.26 Å². The van der Waals surface area contributed by atoms with E-state index in [2.05, 4.69) is 5.32 Å². The lowest BCUT2D eigenvalue weighted by Gasteiger charge is -2.31. The van der Waals surface area contributed by atoms with Gasteiger partial charge in [-0.15, -0.1) is 0 Å². The summed E-state index contributed by atoms with van der Waals surface area (Å²) >= 11 is 7.73. The van der Waals surface area contributed by atoms with Crippen molar-refractivity contribution in [2.75, 3.05) is 6.26 Å². The predicted molar refractivity (Wildman–Crippen MR) is 85.1 cm³/mol. The molecule has 1 fully saturated rings. The van der Waals surface area contributed by atoms with Crippen LogP contribution in [0.1, 0.15) is 36.0 Å². The number of carbonyl (C=O) groups is 1. The van der Waals surface area contributed by atoms with Gasteiger partial charge in [0.1, 0.15) is 5.02 Å². The van der Waals surface area contributed by atoms with E-state index in [1.54, 1.807) is 11.8 Å². The first-order chi connectivity index (χ1) is 10.0. The summed E-state index contributed by atoms with van der Waals surface area (Å²) in [6.45, 7) is 0. The standard InChI is InChI=1S/C14H17ClN2O3S/c1-21-12-8-3-2-6-10(12)16-14(18)9-5-4-7-11(13(9)15)17(19)20/h4-5,7,10,12H,2-3,6,8H2,1H3,(H,16,18). The molecule has 0 saturated heterocycles. The number of nitrogens with one attached hydrogen (secondary N) is 1. The molecule has 0 bridgehead atoms. The number of hydrogen-bond acceptors (Lipinski definition) is 4. The third kappa shape index (κ3) is 3.68. The first-order valence-electron chi connectivity index (χ1n) is 6.81. The zero-order valence-corrected chi connectivity index (χ0v) is 13.2. The third-order valence-corrected chi connectivity index (χ3v) is 5.31. The summed E-state index contributed by atoms with van der Waals surface area (Å²) < 4.78 is 0. The Labute approximate surface area is 132 Å². The lowest BCUT2D eigenvalue weighted by molar-refractivity contribution is -0.384. The minimum absolute atomic E-state index is 0.0941. The van der Waals surface area contributed by atoms with Crippen LogP contribution in [0.5, 0.6) is 0 Å². The topological polar surface area (TPSA) is 72.2 Å². The SMILES string of the molecule is CSC1CCCCC1NC(=O)c1cccc([N+](=O)[O-])c1Cl. The van der Waals surface area contributed by atoms with E-state index in [4.69, 9.17) is 11.6 Å². The third-order valence-electron chi connectivity index (χ3n) is 3.74. The van der Waals surface area contributed by atoms with Crippen molar-refractivity contribution in [3.05, 3.63) is 38.9 Å². The van der Waals surface area contributed by atoms with E-state index in [1.165, 1.54) is 24.6 Å². The summed E-state index contributed by atoms with van der Waals surface area (Å²) in [6, 6.07) is 4.38. The Morgan fingerprint density at radius 1 is 1.43 bits per heavy atom. The first-order valence-corrected chi connectivity index (χ1v) is 8.47. The van der Waals surface area contributed by atoms with Gasteiger partial charge in [0.2, 0.25) is 0 Å². The van der Waals surface area contributed by atoms with Gasteiger partial charge < -0.3 is 5.32 Å². The Balaban J connectivity index is 2.17. The second-order valence-corrected chi connectivity index (χ2v) is 6.49. The van der Waals surface area contributed by atoms with Gasteiger partial charge in [-0.1, -0.05) is 30.5 Å². The fraction of sp³-hybridized carbons (Fsp3) is 0.500. The Morgan fingerprint density at radius 2 is 2.14 bits per heavy atom. The van der Waals surface area contributed by atoms with Crippen molar-refractivity contribution >= 4 is 35.0 Å². The second kappa shape index (κ2) is 7.13. The van der Waals surface area contributed by atoms with Crippen LogP contribution in [0.15, 0.2) is 18.2 Å². The van der Waals surface area contributed by atoms with Gasteiger partial charge in [-0.05, 0) is 25.2 Å². The van der Waals surface area contributed by atoms with Crippen molar-refractivity contribution in [2.24, 2.45) is 0 Å². The Morgan fingerprint density at radius 3 is 2.81 bits per heavy atom. The van der Waals surface area contributed by atoms with E-state index in [-0.39, 0.29) is 28.2 Å². The largest absolute Gasteiger partial charge is 0.348 e. The van der Waals surface area contributed by atoms with Crippen LogP contribution in [0.25, 0.3) is 0 Å². The van der Waals surface area contributed by atoms with Crippen LogP contribution in [0, 0.1) is 10.1 Å². The monoisotopic (exact) mass is 328 g/mol. The molecule has 1 amide bonds. The molecule has 0 radical (unpaired) electrons. The molecule has 1 aliphatic carbocycles. The molecule has 7 heteroatoms. The fourth-order valence-electron chi connectivity index (χ4n) is 2.63. The summed E-state index contributed by atoms with van der Waals surface area (Å²) in [4.78, 5) is 22.6. The maximum atomic E-state index is 12.3. The zero-order valence-electron chi connectivity index (χ0n) is 11.7. The smallest absolute Gasteiger partial charge is 0.288 e. The zero-order chi connectivity index (χ0) is 15.4. The summed E-state index contributed by atoms with van der Waals surface area (Å²) in [5.74, 6) is -0.338. The molecule has 1 aliphatic rings. The van der Waals surface area contributed by atoms with E-state index >= 15 is 0 Å². The molecule has 1 aromatic carbocycles. The molecule has 1 aromatic rings. The highest BCUT2D eigenvalue weighted by Crippen LogP contribution is 2.30. The number of halogens is 1. The van der Waals surface area contributed by atoms with Crippen LogP contribution in [0.2, 0.25) is 5.02 Å². The van der Waals surface area contributed by atoms with E-state index < -0.39 is 4.92 Å². The molecule has 0 heterocycles. The normalized spacial score (nSPS) is 21.8. The number of thioether (sulfide) groups is 1. The Hall–Kier alpha value is -1.27. The van der Waals surface area contributed by atoms with Crippen LogP contribution >= 0.6 is 23.4 Å². The lowest BCUT2D eigenvalue weighted by atomic mass is 9.94. The summed E-state index contributed by atoms with van der Waals surface area (Å²) in [6.07, 6.45) is 6.31. The number of carbonyl (C=O) groups excluding carboxylic acids is 1. The molecule has 114 valence electrons. The molecule has 2 rings (SSSR count). The van der Waals surface area contributed by atoms with Crippen LogP contribution in [-0.4, -0.2) is 28.4 Å². The van der Waals surface area contributed by atoms with Gasteiger partial charge in [0.05, 0.1) is 10.5 Å². The highest BCUT2D eigenvalue weighted by atomic mass is 35.5. The van der Waals surface area contributed by atoms with Crippen molar-refractivity contribution in [1.82, 2.24) is 5.32 Å². The van der Waals surface area contributed by atoms with Crippen molar-refractivity contribution in [1.29, 1.82) is 0 Å². The van der Waals surface area contributed by atoms with E-state index in [0.717, 1.165) is 19.3 Å². The van der Waals surface area contributed by atoms with Crippen LogP contribution in [-0.2, 0) is 0 Å². The minimum Gasteiger partial charge on any atom is -0.348 e. The average Bonchev–Trinajstić information content (AvgIpc) is 2.47.